The Morgan fingerprint density at radius 3 is 2.67 bits per heavy atom. The highest BCUT2D eigenvalue weighted by Gasteiger charge is 2.08. The van der Waals surface area contributed by atoms with Crippen LogP contribution in [0.25, 0.3) is 0 Å². The maximum Gasteiger partial charge on any atom is 0.234 e. The number of carbonyl (C=O) groups excluding carboxylic acids is 1. The second-order valence-electron chi connectivity index (χ2n) is 5.47. The number of hydrogen-bond acceptors (Lipinski definition) is 4. The fraction of sp³-hybridized carbons (Fsp3) is 0.316. The predicted molar refractivity (Wildman–Crippen MR) is 94.3 cm³/mol. The number of carbonyl (C=O) groups is 1. The maximum atomic E-state index is 11.9. The second-order valence-corrected chi connectivity index (χ2v) is 5.47. The van der Waals surface area contributed by atoms with Crippen LogP contribution in [0.1, 0.15) is 11.1 Å². The highest BCUT2D eigenvalue weighted by molar-refractivity contribution is 5.78. The number of benzene rings is 2. The minimum absolute atomic E-state index is 0.0580. The largest absolute Gasteiger partial charge is 0.457 e. The van der Waals surface area contributed by atoms with E-state index in [1.807, 2.05) is 55.5 Å². The van der Waals surface area contributed by atoms with Crippen molar-refractivity contribution in [3.63, 3.8) is 0 Å². The van der Waals surface area contributed by atoms with E-state index in [0.29, 0.717) is 19.7 Å². The Bertz CT molecular complexity index is 644. The molecule has 2 aromatic carbocycles. The van der Waals surface area contributed by atoms with E-state index < -0.39 is 0 Å². The number of hydrogen-bond donors (Lipinski definition) is 2. The van der Waals surface area contributed by atoms with Crippen LogP contribution in [-0.2, 0) is 16.1 Å². The van der Waals surface area contributed by atoms with E-state index in [1.54, 1.807) is 7.11 Å². The van der Waals surface area contributed by atoms with Crippen molar-refractivity contribution in [1.29, 1.82) is 0 Å². The summed E-state index contributed by atoms with van der Waals surface area (Å²) in [4.78, 5) is 11.9. The van der Waals surface area contributed by atoms with Crippen LogP contribution in [-0.4, -0.2) is 32.7 Å². The molecule has 24 heavy (non-hydrogen) atoms. The van der Waals surface area contributed by atoms with Gasteiger partial charge in [0.2, 0.25) is 5.91 Å². The maximum absolute atomic E-state index is 11.9. The minimum atomic E-state index is -0.0580. The van der Waals surface area contributed by atoms with Gasteiger partial charge in [0.05, 0.1) is 13.2 Å². The second kappa shape index (κ2) is 9.70. The number of rotatable bonds is 9. The van der Waals surface area contributed by atoms with Gasteiger partial charge in [-0.3, -0.25) is 4.79 Å². The molecule has 0 radical (unpaired) electrons. The molecular weight excluding hydrogens is 304 g/mol. The van der Waals surface area contributed by atoms with Gasteiger partial charge in [-0.2, -0.15) is 0 Å². The first kappa shape index (κ1) is 18.0. The van der Waals surface area contributed by atoms with Crippen LogP contribution in [0.3, 0.4) is 0 Å². The molecule has 0 atom stereocenters. The van der Waals surface area contributed by atoms with Gasteiger partial charge in [0.1, 0.15) is 11.5 Å². The first-order valence-electron chi connectivity index (χ1n) is 7.98. The molecule has 0 heterocycles. The number of methoxy groups -OCH3 is 1. The van der Waals surface area contributed by atoms with E-state index in [4.69, 9.17) is 9.47 Å². The first-order valence-corrected chi connectivity index (χ1v) is 7.98. The Labute approximate surface area is 143 Å². The third kappa shape index (κ3) is 6.02. The molecule has 0 saturated carbocycles. The van der Waals surface area contributed by atoms with Crippen molar-refractivity contribution in [2.24, 2.45) is 0 Å². The molecule has 0 fully saturated rings. The van der Waals surface area contributed by atoms with Crippen LogP contribution < -0.4 is 15.4 Å². The summed E-state index contributed by atoms with van der Waals surface area (Å²) in [5, 5.41) is 5.92. The number of amides is 1. The van der Waals surface area contributed by atoms with Crippen molar-refractivity contribution in [1.82, 2.24) is 10.6 Å². The number of nitrogens with one attached hydrogen (secondary N) is 2. The fourth-order valence-electron chi connectivity index (χ4n) is 2.15. The summed E-state index contributed by atoms with van der Waals surface area (Å²) in [5.41, 5.74) is 2.05. The molecule has 5 nitrogen and oxygen atoms in total. The molecule has 0 aromatic heterocycles. The molecule has 0 saturated heterocycles. The average Bonchev–Trinajstić information content (AvgIpc) is 2.59. The summed E-state index contributed by atoms with van der Waals surface area (Å²) in [7, 11) is 1.63. The van der Waals surface area contributed by atoms with Gasteiger partial charge < -0.3 is 20.1 Å². The number of para-hydroxylation sites is 1. The van der Waals surface area contributed by atoms with E-state index in [2.05, 4.69) is 10.6 Å². The van der Waals surface area contributed by atoms with Crippen molar-refractivity contribution in [2.75, 3.05) is 26.8 Å². The van der Waals surface area contributed by atoms with Crippen LogP contribution in [0.4, 0.5) is 0 Å². The molecule has 2 rings (SSSR count). The number of aryl methyl sites for hydroxylation is 1. The van der Waals surface area contributed by atoms with Gasteiger partial charge in [0.25, 0.3) is 0 Å². The third-order valence-corrected chi connectivity index (χ3v) is 3.44. The minimum Gasteiger partial charge on any atom is -0.457 e. The quantitative estimate of drug-likeness (QED) is 0.695. The summed E-state index contributed by atoms with van der Waals surface area (Å²) < 4.78 is 10.9. The molecule has 2 N–H and O–H groups in total. The van der Waals surface area contributed by atoms with Gasteiger partial charge in [0, 0.05) is 25.8 Å². The molecule has 0 bridgehead atoms. The van der Waals surface area contributed by atoms with Gasteiger partial charge in [-0.15, -0.1) is 0 Å². The normalized spacial score (nSPS) is 10.4. The van der Waals surface area contributed by atoms with Gasteiger partial charge in [-0.05, 0) is 30.7 Å². The van der Waals surface area contributed by atoms with Crippen LogP contribution in [0.2, 0.25) is 0 Å². The van der Waals surface area contributed by atoms with Crippen LogP contribution in [0.5, 0.6) is 11.5 Å². The molecular formula is C19H24N2O3. The molecule has 5 heteroatoms. The summed E-state index contributed by atoms with van der Waals surface area (Å²) in [6, 6.07) is 15.6. The molecule has 128 valence electrons. The average molecular weight is 328 g/mol. The monoisotopic (exact) mass is 328 g/mol. The standard InChI is InChI=1S/C19H24N2O3/c1-15-8-9-16(13-21-19(22)14-20-10-11-23-2)18(12-15)24-17-6-4-3-5-7-17/h3-9,12,20H,10-11,13-14H2,1-2H3,(H,21,22). The zero-order valence-corrected chi connectivity index (χ0v) is 14.2. The van der Waals surface area contributed by atoms with Crippen molar-refractivity contribution >= 4 is 5.91 Å². The Kier molecular flexibility index (Phi) is 7.26. The topological polar surface area (TPSA) is 59.6 Å². The van der Waals surface area contributed by atoms with Crippen molar-refractivity contribution in [3.8, 4) is 11.5 Å². The molecule has 1 amide bonds. The fourth-order valence-corrected chi connectivity index (χ4v) is 2.15. The van der Waals surface area contributed by atoms with Crippen molar-refractivity contribution in [3.05, 3.63) is 59.7 Å². The zero-order chi connectivity index (χ0) is 17.2. The van der Waals surface area contributed by atoms with E-state index in [-0.39, 0.29) is 12.5 Å². The lowest BCUT2D eigenvalue weighted by Gasteiger charge is -2.13. The van der Waals surface area contributed by atoms with Crippen LogP contribution in [0.15, 0.2) is 48.5 Å². The van der Waals surface area contributed by atoms with E-state index >= 15 is 0 Å². The molecule has 0 aliphatic heterocycles. The first-order chi connectivity index (χ1) is 11.7. The van der Waals surface area contributed by atoms with Crippen molar-refractivity contribution < 1.29 is 14.3 Å². The number of ether oxygens (including phenoxy) is 2. The Morgan fingerprint density at radius 1 is 1.12 bits per heavy atom. The Hall–Kier alpha value is -2.37. The molecule has 0 aliphatic rings. The molecule has 2 aromatic rings. The van der Waals surface area contributed by atoms with Gasteiger partial charge >= 0.3 is 0 Å². The van der Waals surface area contributed by atoms with Crippen molar-refractivity contribution in [2.45, 2.75) is 13.5 Å². The summed E-state index contributed by atoms with van der Waals surface area (Å²) in [6.07, 6.45) is 0. The highest BCUT2D eigenvalue weighted by atomic mass is 16.5. The third-order valence-electron chi connectivity index (χ3n) is 3.44. The van der Waals surface area contributed by atoms with E-state index in [9.17, 15) is 4.79 Å². The van der Waals surface area contributed by atoms with Gasteiger partial charge in [-0.25, -0.2) is 0 Å². The summed E-state index contributed by atoms with van der Waals surface area (Å²) >= 11 is 0. The zero-order valence-electron chi connectivity index (χ0n) is 14.2. The molecule has 0 unspecified atom stereocenters. The van der Waals surface area contributed by atoms with E-state index in [1.165, 1.54) is 0 Å². The summed E-state index contributed by atoms with van der Waals surface area (Å²) in [5.74, 6) is 1.48. The Balaban J connectivity index is 1.93. The van der Waals surface area contributed by atoms with E-state index in [0.717, 1.165) is 22.6 Å². The van der Waals surface area contributed by atoms with Gasteiger partial charge in [-0.1, -0.05) is 30.3 Å². The van der Waals surface area contributed by atoms with Gasteiger partial charge in [0.15, 0.2) is 0 Å². The van der Waals surface area contributed by atoms with Crippen LogP contribution in [0, 0.1) is 6.92 Å². The smallest absolute Gasteiger partial charge is 0.234 e. The summed E-state index contributed by atoms with van der Waals surface area (Å²) in [6.45, 7) is 3.94. The lowest BCUT2D eigenvalue weighted by atomic mass is 10.1. The predicted octanol–water partition coefficient (Wildman–Crippen LogP) is 2.64. The highest BCUT2D eigenvalue weighted by Crippen LogP contribution is 2.26. The van der Waals surface area contributed by atoms with Crippen LogP contribution >= 0.6 is 0 Å². The Morgan fingerprint density at radius 2 is 1.92 bits per heavy atom. The molecule has 0 aliphatic carbocycles. The SMILES string of the molecule is COCCNCC(=O)NCc1ccc(C)cc1Oc1ccccc1. The lowest BCUT2D eigenvalue weighted by molar-refractivity contribution is -0.120. The molecule has 0 spiro atoms. The lowest BCUT2D eigenvalue weighted by Crippen LogP contribution is -2.34.